The van der Waals surface area contributed by atoms with Crippen LogP contribution >= 0.6 is 0 Å². The number of para-hydroxylation sites is 1. The summed E-state index contributed by atoms with van der Waals surface area (Å²) in [6, 6.07) is 18.3. The van der Waals surface area contributed by atoms with Gasteiger partial charge >= 0.3 is 0 Å². The molecule has 4 heteroatoms. The van der Waals surface area contributed by atoms with Crippen LogP contribution in [0.25, 0.3) is 10.9 Å². The fourth-order valence-corrected chi connectivity index (χ4v) is 2.78. The van der Waals surface area contributed by atoms with Crippen molar-refractivity contribution in [3.8, 4) is 0 Å². The predicted molar refractivity (Wildman–Crippen MR) is 97.7 cm³/mol. The molecule has 2 aromatic carbocycles. The lowest BCUT2D eigenvalue weighted by molar-refractivity contribution is -0.114. The number of aromatic nitrogens is 1. The standard InChI is InChI=1S/C20H21N3O/c1-14(17-7-4-10-19(12-17)23-15(2)24)22-13-18-8-3-6-16-9-5-11-21-20(16)18/h3-12,14,22H,13H2,1-2H3,(H,23,24)/t14-/m1/s1. The Bertz CT molecular complexity index is 855. The second-order valence-corrected chi connectivity index (χ2v) is 5.90. The summed E-state index contributed by atoms with van der Waals surface area (Å²) in [6.07, 6.45) is 1.83. The van der Waals surface area contributed by atoms with Gasteiger partial charge in [0.1, 0.15) is 0 Å². The van der Waals surface area contributed by atoms with Crippen molar-refractivity contribution < 1.29 is 4.79 Å². The number of pyridine rings is 1. The van der Waals surface area contributed by atoms with Crippen LogP contribution in [0, 0.1) is 0 Å². The number of nitrogens with zero attached hydrogens (tertiary/aromatic N) is 1. The largest absolute Gasteiger partial charge is 0.326 e. The number of nitrogens with one attached hydrogen (secondary N) is 2. The third-order valence-electron chi connectivity index (χ3n) is 4.02. The minimum Gasteiger partial charge on any atom is -0.326 e. The zero-order valence-corrected chi connectivity index (χ0v) is 13.9. The van der Waals surface area contributed by atoms with Crippen molar-refractivity contribution in [2.24, 2.45) is 0 Å². The van der Waals surface area contributed by atoms with E-state index in [4.69, 9.17) is 0 Å². The highest BCUT2D eigenvalue weighted by molar-refractivity contribution is 5.88. The lowest BCUT2D eigenvalue weighted by atomic mass is 10.1. The third-order valence-corrected chi connectivity index (χ3v) is 4.02. The van der Waals surface area contributed by atoms with Gasteiger partial charge in [0, 0.05) is 36.8 Å². The van der Waals surface area contributed by atoms with Crippen molar-refractivity contribution in [3.63, 3.8) is 0 Å². The first kappa shape index (κ1) is 16.1. The lowest BCUT2D eigenvalue weighted by Crippen LogP contribution is -2.18. The van der Waals surface area contributed by atoms with Gasteiger partial charge in [0.25, 0.3) is 0 Å². The summed E-state index contributed by atoms with van der Waals surface area (Å²) in [7, 11) is 0. The van der Waals surface area contributed by atoms with E-state index in [2.05, 4.69) is 52.9 Å². The zero-order valence-electron chi connectivity index (χ0n) is 13.9. The van der Waals surface area contributed by atoms with E-state index < -0.39 is 0 Å². The molecular formula is C20H21N3O. The number of hydrogen-bond donors (Lipinski definition) is 2. The smallest absolute Gasteiger partial charge is 0.221 e. The highest BCUT2D eigenvalue weighted by Crippen LogP contribution is 2.20. The minimum atomic E-state index is -0.0606. The van der Waals surface area contributed by atoms with Gasteiger partial charge < -0.3 is 10.6 Å². The third kappa shape index (κ3) is 3.78. The summed E-state index contributed by atoms with van der Waals surface area (Å²) in [4.78, 5) is 15.7. The molecule has 0 spiro atoms. The van der Waals surface area contributed by atoms with Crippen LogP contribution < -0.4 is 10.6 Å². The molecule has 3 aromatic rings. The van der Waals surface area contributed by atoms with Crippen LogP contribution in [-0.2, 0) is 11.3 Å². The Balaban J connectivity index is 1.73. The van der Waals surface area contributed by atoms with Gasteiger partial charge in [-0.25, -0.2) is 0 Å². The van der Waals surface area contributed by atoms with Crippen LogP contribution in [0.4, 0.5) is 5.69 Å². The molecule has 0 aliphatic carbocycles. The van der Waals surface area contributed by atoms with Crippen LogP contribution in [0.1, 0.15) is 31.0 Å². The number of carbonyl (C=O) groups excluding carboxylic acids is 1. The van der Waals surface area contributed by atoms with Crippen LogP contribution in [0.2, 0.25) is 0 Å². The number of carbonyl (C=O) groups is 1. The summed E-state index contributed by atoms with van der Waals surface area (Å²) in [5.41, 5.74) is 4.17. The summed E-state index contributed by atoms with van der Waals surface area (Å²) >= 11 is 0. The Morgan fingerprint density at radius 2 is 1.92 bits per heavy atom. The lowest BCUT2D eigenvalue weighted by Gasteiger charge is -2.16. The Morgan fingerprint density at radius 1 is 1.12 bits per heavy atom. The number of fused-ring (bicyclic) bond motifs is 1. The van der Waals surface area contributed by atoms with E-state index >= 15 is 0 Å². The van der Waals surface area contributed by atoms with Gasteiger partial charge in [0.2, 0.25) is 5.91 Å². The van der Waals surface area contributed by atoms with Gasteiger partial charge in [-0.1, -0.05) is 36.4 Å². The molecule has 1 amide bonds. The molecule has 24 heavy (non-hydrogen) atoms. The van der Waals surface area contributed by atoms with Crippen molar-refractivity contribution in [1.29, 1.82) is 0 Å². The van der Waals surface area contributed by atoms with Gasteiger partial charge in [0.05, 0.1) is 5.52 Å². The molecule has 1 heterocycles. The molecule has 1 aromatic heterocycles. The van der Waals surface area contributed by atoms with Gasteiger partial charge in [0.15, 0.2) is 0 Å². The maximum Gasteiger partial charge on any atom is 0.221 e. The Hall–Kier alpha value is -2.72. The summed E-state index contributed by atoms with van der Waals surface area (Å²) < 4.78 is 0. The van der Waals surface area contributed by atoms with Crippen LogP contribution in [0.15, 0.2) is 60.8 Å². The predicted octanol–water partition coefficient (Wildman–Crippen LogP) is 4.04. The van der Waals surface area contributed by atoms with Crippen molar-refractivity contribution in [2.75, 3.05) is 5.32 Å². The van der Waals surface area contributed by atoms with Crippen molar-refractivity contribution in [3.05, 3.63) is 71.9 Å². The topological polar surface area (TPSA) is 54.0 Å². The number of amides is 1. The maximum atomic E-state index is 11.2. The molecule has 3 rings (SSSR count). The normalized spacial score (nSPS) is 12.1. The van der Waals surface area contributed by atoms with Crippen LogP contribution in [-0.4, -0.2) is 10.9 Å². The Labute approximate surface area is 141 Å². The number of hydrogen-bond acceptors (Lipinski definition) is 3. The summed E-state index contributed by atoms with van der Waals surface area (Å²) in [5.74, 6) is -0.0606. The zero-order chi connectivity index (χ0) is 16.9. The molecule has 0 aliphatic rings. The number of anilines is 1. The van der Waals surface area contributed by atoms with E-state index in [0.29, 0.717) is 0 Å². The van der Waals surface area contributed by atoms with Crippen molar-refractivity contribution >= 4 is 22.5 Å². The van der Waals surface area contributed by atoms with E-state index in [1.165, 1.54) is 12.5 Å². The molecule has 122 valence electrons. The van der Waals surface area contributed by atoms with E-state index in [0.717, 1.165) is 28.7 Å². The molecule has 0 unspecified atom stereocenters. The first-order valence-electron chi connectivity index (χ1n) is 8.07. The van der Waals surface area contributed by atoms with Crippen LogP contribution in [0.3, 0.4) is 0 Å². The maximum absolute atomic E-state index is 11.2. The molecule has 0 bridgehead atoms. The van der Waals surface area contributed by atoms with E-state index in [1.807, 2.05) is 30.5 Å². The van der Waals surface area contributed by atoms with Gasteiger partial charge in [-0.15, -0.1) is 0 Å². The first-order valence-corrected chi connectivity index (χ1v) is 8.07. The highest BCUT2D eigenvalue weighted by atomic mass is 16.1. The number of benzene rings is 2. The summed E-state index contributed by atoms with van der Waals surface area (Å²) in [6.45, 7) is 4.37. The summed E-state index contributed by atoms with van der Waals surface area (Å²) in [5, 5.41) is 7.51. The van der Waals surface area contributed by atoms with Gasteiger partial charge in [-0.2, -0.15) is 0 Å². The molecule has 2 N–H and O–H groups in total. The SMILES string of the molecule is CC(=O)Nc1cccc([C@@H](C)NCc2cccc3cccnc23)c1. The highest BCUT2D eigenvalue weighted by Gasteiger charge is 2.08. The number of rotatable bonds is 5. The Morgan fingerprint density at radius 3 is 2.75 bits per heavy atom. The minimum absolute atomic E-state index is 0.0606. The van der Waals surface area contributed by atoms with Crippen LogP contribution in [0.5, 0.6) is 0 Å². The van der Waals surface area contributed by atoms with E-state index in [9.17, 15) is 4.79 Å². The van der Waals surface area contributed by atoms with E-state index in [1.54, 1.807) is 0 Å². The van der Waals surface area contributed by atoms with Crippen molar-refractivity contribution in [2.45, 2.75) is 26.4 Å². The fraction of sp³-hybridized carbons (Fsp3) is 0.200. The molecule has 0 fully saturated rings. The molecular weight excluding hydrogens is 298 g/mol. The molecule has 1 atom stereocenters. The molecule has 0 saturated carbocycles. The van der Waals surface area contributed by atoms with Gasteiger partial charge in [-0.05, 0) is 36.2 Å². The van der Waals surface area contributed by atoms with Gasteiger partial charge in [-0.3, -0.25) is 9.78 Å². The molecule has 0 radical (unpaired) electrons. The molecule has 4 nitrogen and oxygen atoms in total. The van der Waals surface area contributed by atoms with E-state index in [-0.39, 0.29) is 11.9 Å². The quantitative estimate of drug-likeness (QED) is 0.746. The average Bonchev–Trinajstić information content (AvgIpc) is 2.59. The molecule has 0 saturated heterocycles. The first-order chi connectivity index (χ1) is 11.6. The molecule has 0 aliphatic heterocycles. The Kier molecular flexibility index (Phi) is 4.87. The average molecular weight is 319 g/mol. The second-order valence-electron chi connectivity index (χ2n) is 5.90. The van der Waals surface area contributed by atoms with Crippen molar-refractivity contribution in [1.82, 2.24) is 10.3 Å². The fourth-order valence-electron chi connectivity index (χ4n) is 2.78. The monoisotopic (exact) mass is 319 g/mol. The second kappa shape index (κ2) is 7.23.